The lowest BCUT2D eigenvalue weighted by molar-refractivity contribution is -0.155. The van der Waals surface area contributed by atoms with E-state index in [0.717, 1.165) is 12.8 Å². The summed E-state index contributed by atoms with van der Waals surface area (Å²) in [5.41, 5.74) is 0.285. The van der Waals surface area contributed by atoms with Crippen LogP contribution in [0.15, 0.2) is 30.3 Å². The largest absolute Gasteiger partial charge is 0.466 e. The number of hydrogen-bond donors (Lipinski definition) is 1. The molecule has 1 heterocycles. The Kier molecular flexibility index (Phi) is 5.53. The highest BCUT2D eigenvalue weighted by atomic mass is 16.5. The second-order valence-electron chi connectivity index (χ2n) is 7.90. The van der Waals surface area contributed by atoms with Crippen LogP contribution in [-0.2, 0) is 25.5 Å². The van der Waals surface area contributed by atoms with Crippen LogP contribution in [0, 0.1) is 11.8 Å². The van der Waals surface area contributed by atoms with Crippen LogP contribution in [0.3, 0.4) is 0 Å². The molecule has 1 aliphatic carbocycles. The van der Waals surface area contributed by atoms with Gasteiger partial charge in [-0.05, 0) is 45.6 Å². The normalized spacial score (nSPS) is 26.5. The number of aryl methyl sites for hydroxylation is 1. The molecular weight excluding hydrogens is 344 g/mol. The molecule has 0 bridgehead atoms. The van der Waals surface area contributed by atoms with E-state index >= 15 is 0 Å². The van der Waals surface area contributed by atoms with E-state index in [0.29, 0.717) is 19.6 Å². The summed E-state index contributed by atoms with van der Waals surface area (Å²) in [7, 11) is 0. The Balaban J connectivity index is 1.70. The third kappa shape index (κ3) is 4.15. The highest BCUT2D eigenvalue weighted by Gasteiger charge is 2.57. The molecule has 1 aliphatic heterocycles. The molecule has 6 nitrogen and oxygen atoms in total. The van der Waals surface area contributed by atoms with Crippen molar-refractivity contribution in [3.05, 3.63) is 35.9 Å². The summed E-state index contributed by atoms with van der Waals surface area (Å²) in [6.45, 7) is 6.05. The predicted molar refractivity (Wildman–Crippen MR) is 101 cm³/mol. The van der Waals surface area contributed by atoms with Gasteiger partial charge in [0.2, 0.25) is 11.8 Å². The Labute approximate surface area is 160 Å². The van der Waals surface area contributed by atoms with Crippen molar-refractivity contribution in [2.24, 2.45) is 11.8 Å². The number of rotatable bonds is 7. The molecule has 1 aromatic rings. The van der Waals surface area contributed by atoms with Crippen LogP contribution in [0.4, 0.5) is 0 Å². The summed E-state index contributed by atoms with van der Waals surface area (Å²) < 4.78 is 5.09. The fourth-order valence-corrected chi connectivity index (χ4v) is 3.91. The number of esters is 1. The summed E-state index contributed by atoms with van der Waals surface area (Å²) in [4.78, 5) is 39.4. The first-order chi connectivity index (χ1) is 12.8. The van der Waals surface area contributed by atoms with Crippen molar-refractivity contribution in [2.75, 3.05) is 13.2 Å². The Morgan fingerprint density at radius 2 is 1.96 bits per heavy atom. The lowest BCUT2D eigenvalue weighted by atomic mass is 9.93. The molecule has 3 unspecified atom stereocenters. The van der Waals surface area contributed by atoms with Crippen LogP contribution in [0.25, 0.3) is 0 Å². The van der Waals surface area contributed by atoms with Gasteiger partial charge in [-0.1, -0.05) is 30.3 Å². The monoisotopic (exact) mass is 372 g/mol. The van der Waals surface area contributed by atoms with E-state index < -0.39 is 11.6 Å². The van der Waals surface area contributed by atoms with Gasteiger partial charge in [-0.15, -0.1) is 0 Å². The second-order valence-corrected chi connectivity index (χ2v) is 7.90. The van der Waals surface area contributed by atoms with Crippen LogP contribution in [0.5, 0.6) is 0 Å². The molecule has 146 valence electrons. The highest BCUT2D eigenvalue weighted by molar-refractivity contribution is 6.00. The predicted octanol–water partition coefficient (Wildman–Crippen LogP) is 1.92. The molecule has 1 N–H and O–H groups in total. The van der Waals surface area contributed by atoms with E-state index in [1.165, 1.54) is 5.56 Å². The lowest BCUT2D eigenvalue weighted by Crippen LogP contribution is -2.68. The van der Waals surface area contributed by atoms with Crippen LogP contribution < -0.4 is 5.32 Å². The van der Waals surface area contributed by atoms with Gasteiger partial charge in [-0.3, -0.25) is 14.4 Å². The van der Waals surface area contributed by atoms with Crippen LogP contribution in [0.1, 0.15) is 39.2 Å². The van der Waals surface area contributed by atoms with E-state index in [2.05, 4.69) is 17.4 Å². The minimum absolute atomic E-state index is 0.0883. The van der Waals surface area contributed by atoms with Gasteiger partial charge in [-0.25, -0.2) is 0 Å². The minimum atomic E-state index is -0.922. The zero-order valence-corrected chi connectivity index (χ0v) is 16.2. The minimum Gasteiger partial charge on any atom is -0.466 e. The van der Waals surface area contributed by atoms with Crippen molar-refractivity contribution in [3.8, 4) is 0 Å². The molecule has 0 radical (unpaired) electrons. The van der Waals surface area contributed by atoms with E-state index in [4.69, 9.17) is 4.74 Å². The maximum Gasteiger partial charge on any atom is 0.309 e. The van der Waals surface area contributed by atoms with E-state index in [1.54, 1.807) is 25.7 Å². The number of hydrogen-bond acceptors (Lipinski definition) is 4. The quantitative estimate of drug-likeness (QED) is 0.742. The average Bonchev–Trinajstić information content (AvgIpc) is 3.40. The number of piperazine rings is 1. The fraction of sp³-hybridized carbons (Fsp3) is 0.571. The summed E-state index contributed by atoms with van der Waals surface area (Å²) in [5, 5.41) is 2.82. The molecular formula is C21H28N2O4. The molecule has 3 atom stereocenters. The van der Waals surface area contributed by atoms with Gasteiger partial charge in [0.25, 0.3) is 0 Å². The van der Waals surface area contributed by atoms with Crippen LogP contribution in [0.2, 0.25) is 0 Å². The zero-order chi connectivity index (χ0) is 19.6. The maximum atomic E-state index is 13.0. The number of benzene rings is 1. The first-order valence-corrected chi connectivity index (χ1v) is 9.69. The summed E-state index contributed by atoms with van der Waals surface area (Å²) in [5.74, 6) is -0.963. The summed E-state index contributed by atoms with van der Waals surface area (Å²) in [6.07, 6.45) is 2.21. The molecule has 0 spiro atoms. The van der Waals surface area contributed by atoms with Crippen molar-refractivity contribution in [1.82, 2.24) is 10.2 Å². The number of carbonyl (C=O) groups is 3. The number of nitrogens with zero attached hydrogens (tertiary/aromatic N) is 1. The molecule has 1 saturated carbocycles. The van der Waals surface area contributed by atoms with Gasteiger partial charge in [0.05, 0.1) is 12.5 Å². The van der Waals surface area contributed by atoms with E-state index in [9.17, 15) is 14.4 Å². The second kappa shape index (κ2) is 7.71. The molecule has 2 aliphatic rings. The molecule has 1 aromatic carbocycles. The Morgan fingerprint density at radius 1 is 1.26 bits per heavy atom. The van der Waals surface area contributed by atoms with Crippen LogP contribution in [-0.4, -0.2) is 47.4 Å². The average molecular weight is 372 g/mol. The molecule has 2 amide bonds. The number of amides is 2. The van der Waals surface area contributed by atoms with Crippen molar-refractivity contribution < 1.29 is 19.1 Å². The Morgan fingerprint density at radius 3 is 2.63 bits per heavy atom. The SMILES string of the molecule is CCOC(=O)C1CC1C1C(=O)NC(C)(C)C(=O)N1CCCc1ccccc1. The molecule has 27 heavy (non-hydrogen) atoms. The first-order valence-electron chi connectivity index (χ1n) is 9.69. The summed E-state index contributed by atoms with van der Waals surface area (Å²) in [6, 6.07) is 9.50. The zero-order valence-electron chi connectivity index (χ0n) is 16.2. The molecule has 1 saturated heterocycles. The van der Waals surface area contributed by atoms with E-state index in [1.807, 2.05) is 18.2 Å². The number of nitrogens with one attached hydrogen (secondary N) is 1. The Hall–Kier alpha value is -2.37. The van der Waals surface area contributed by atoms with Gasteiger partial charge < -0.3 is 15.0 Å². The van der Waals surface area contributed by atoms with Crippen LogP contribution >= 0.6 is 0 Å². The Bertz CT molecular complexity index is 716. The maximum absolute atomic E-state index is 13.0. The van der Waals surface area contributed by atoms with Crippen molar-refractivity contribution in [2.45, 2.75) is 51.6 Å². The van der Waals surface area contributed by atoms with Crippen molar-refractivity contribution in [3.63, 3.8) is 0 Å². The fourth-order valence-electron chi connectivity index (χ4n) is 3.91. The summed E-state index contributed by atoms with van der Waals surface area (Å²) >= 11 is 0. The van der Waals surface area contributed by atoms with Crippen molar-refractivity contribution in [1.29, 1.82) is 0 Å². The molecule has 2 fully saturated rings. The number of ether oxygens (including phenoxy) is 1. The van der Waals surface area contributed by atoms with Gasteiger partial charge in [0.15, 0.2) is 0 Å². The van der Waals surface area contributed by atoms with Gasteiger partial charge >= 0.3 is 5.97 Å². The lowest BCUT2D eigenvalue weighted by Gasteiger charge is -2.43. The topological polar surface area (TPSA) is 75.7 Å². The first kappa shape index (κ1) is 19.4. The van der Waals surface area contributed by atoms with Gasteiger partial charge in [0, 0.05) is 12.5 Å². The third-order valence-electron chi connectivity index (χ3n) is 5.38. The van der Waals surface area contributed by atoms with E-state index in [-0.39, 0.29) is 29.6 Å². The highest BCUT2D eigenvalue weighted by Crippen LogP contribution is 2.45. The molecule has 3 rings (SSSR count). The smallest absolute Gasteiger partial charge is 0.309 e. The molecule has 6 heteroatoms. The number of carbonyl (C=O) groups excluding carboxylic acids is 3. The third-order valence-corrected chi connectivity index (χ3v) is 5.38. The standard InChI is InChI=1S/C21H28N2O4/c1-4-27-19(25)16-13-15(16)17-18(24)22-21(2,3)20(26)23(17)12-8-11-14-9-6-5-7-10-14/h5-7,9-10,15-17H,4,8,11-13H2,1-3H3,(H,22,24). The van der Waals surface area contributed by atoms with Gasteiger partial charge in [0.1, 0.15) is 11.6 Å². The van der Waals surface area contributed by atoms with Gasteiger partial charge in [-0.2, -0.15) is 0 Å². The van der Waals surface area contributed by atoms with Crippen molar-refractivity contribution >= 4 is 17.8 Å². The molecule has 0 aromatic heterocycles.